The van der Waals surface area contributed by atoms with Crippen molar-refractivity contribution < 1.29 is 4.74 Å². The molecule has 0 amide bonds. The second-order valence-electron chi connectivity index (χ2n) is 4.54. The summed E-state index contributed by atoms with van der Waals surface area (Å²) in [5.41, 5.74) is 0. The molecule has 2 fully saturated rings. The quantitative estimate of drug-likeness (QED) is 0.739. The van der Waals surface area contributed by atoms with Gasteiger partial charge in [0.25, 0.3) is 0 Å². The molecule has 1 aliphatic carbocycles. The molecule has 0 radical (unpaired) electrons. The highest BCUT2D eigenvalue weighted by Gasteiger charge is 2.46. The largest absolute Gasteiger partial charge is 0.478 e. The Kier molecular flexibility index (Phi) is 4.06. The summed E-state index contributed by atoms with van der Waals surface area (Å²) >= 11 is 0. The molecule has 2 atom stereocenters. The van der Waals surface area contributed by atoms with Crippen LogP contribution in [0.5, 0.6) is 5.75 Å². The van der Waals surface area contributed by atoms with Gasteiger partial charge in [0.15, 0.2) is 0 Å². The van der Waals surface area contributed by atoms with Crippen molar-refractivity contribution in [3.05, 3.63) is 30.3 Å². The van der Waals surface area contributed by atoms with Gasteiger partial charge in [-0.15, -0.1) is 12.3 Å². The summed E-state index contributed by atoms with van der Waals surface area (Å²) in [5.74, 6) is 4.23. The van der Waals surface area contributed by atoms with Crippen LogP contribution in [-0.2, 0) is 0 Å². The Morgan fingerprint density at radius 3 is 2.65 bits per heavy atom. The van der Waals surface area contributed by atoms with Crippen LogP contribution in [0.25, 0.3) is 0 Å². The molecule has 1 aromatic carbocycles. The number of rotatable bonds is 3. The van der Waals surface area contributed by atoms with Gasteiger partial charge in [0, 0.05) is 12.6 Å². The average Bonchev–Trinajstić information content (AvgIpc) is 3.03. The molecule has 2 unspecified atom stereocenters. The average molecular weight is 229 g/mol. The van der Waals surface area contributed by atoms with E-state index in [0.717, 1.165) is 24.4 Å². The van der Waals surface area contributed by atoms with Crippen LogP contribution in [0, 0.1) is 18.3 Å². The molecule has 1 saturated carbocycles. The number of ether oxygens (including phenoxy) is 1. The lowest BCUT2D eigenvalue weighted by Gasteiger charge is -2.17. The van der Waals surface area contributed by atoms with Crippen LogP contribution in [0.15, 0.2) is 30.3 Å². The zero-order valence-electron chi connectivity index (χ0n) is 10.3. The van der Waals surface area contributed by atoms with Gasteiger partial charge in [-0.05, 0) is 37.8 Å². The zero-order chi connectivity index (χ0) is 12.1. The van der Waals surface area contributed by atoms with Crippen molar-refractivity contribution in [1.82, 2.24) is 4.90 Å². The molecule has 0 N–H and O–H groups in total. The molecule has 1 aromatic rings. The minimum Gasteiger partial charge on any atom is -0.478 e. The number of hydrogen-bond donors (Lipinski definition) is 0. The molecule has 3 rings (SSSR count). The maximum Gasteiger partial charge on any atom is 0.142 e. The lowest BCUT2D eigenvalue weighted by molar-refractivity contribution is 0.135. The van der Waals surface area contributed by atoms with Crippen LogP contribution in [0.1, 0.15) is 19.8 Å². The molecule has 0 aromatic heterocycles. The number of benzene rings is 1. The van der Waals surface area contributed by atoms with Crippen LogP contribution in [-0.4, -0.2) is 24.2 Å². The molecule has 0 spiro atoms. The first-order chi connectivity index (χ1) is 8.35. The first kappa shape index (κ1) is 12.0. The summed E-state index contributed by atoms with van der Waals surface area (Å²) in [6.45, 7) is 3.65. The maximum atomic E-state index is 5.71. The van der Waals surface area contributed by atoms with Gasteiger partial charge >= 0.3 is 0 Å². The van der Waals surface area contributed by atoms with Gasteiger partial charge in [-0.3, -0.25) is 4.90 Å². The van der Waals surface area contributed by atoms with E-state index < -0.39 is 0 Å². The van der Waals surface area contributed by atoms with Gasteiger partial charge in [-0.1, -0.05) is 18.2 Å². The van der Waals surface area contributed by atoms with Crippen molar-refractivity contribution in [2.45, 2.75) is 25.8 Å². The van der Waals surface area contributed by atoms with E-state index in [1.807, 2.05) is 30.3 Å². The maximum absolute atomic E-state index is 5.71. The normalized spacial score (nSPS) is 25.2. The van der Waals surface area contributed by atoms with E-state index in [2.05, 4.69) is 17.2 Å². The van der Waals surface area contributed by atoms with Crippen molar-refractivity contribution in [3.8, 4) is 18.1 Å². The number of fused-ring (bicyclic) bond motifs is 1. The number of likely N-dealkylation sites (tertiary alicyclic amines) is 1. The number of hydrogen-bond acceptors (Lipinski definition) is 2. The predicted molar refractivity (Wildman–Crippen MR) is 69.7 cm³/mol. The van der Waals surface area contributed by atoms with E-state index in [-0.39, 0.29) is 0 Å². The predicted octanol–water partition coefficient (Wildman–Crippen LogP) is 2.76. The van der Waals surface area contributed by atoms with Crippen molar-refractivity contribution >= 4 is 0 Å². The third kappa shape index (κ3) is 3.25. The van der Waals surface area contributed by atoms with E-state index in [4.69, 9.17) is 4.74 Å². The summed E-state index contributed by atoms with van der Waals surface area (Å²) < 4.78 is 5.71. The molecular formula is C15H19NO. The molecule has 1 aliphatic heterocycles. The molecule has 1 saturated heterocycles. The number of piperidine rings is 1. The van der Waals surface area contributed by atoms with Crippen LogP contribution >= 0.6 is 0 Å². The fourth-order valence-electron chi connectivity index (χ4n) is 2.32. The van der Waals surface area contributed by atoms with Crippen LogP contribution in [0.3, 0.4) is 0 Å². The fraction of sp³-hybridized carbons (Fsp3) is 0.467. The van der Waals surface area contributed by atoms with Gasteiger partial charge in [-0.2, -0.15) is 0 Å². The third-order valence-corrected chi connectivity index (χ3v) is 3.28. The molecule has 1 heterocycles. The van der Waals surface area contributed by atoms with Gasteiger partial charge < -0.3 is 4.74 Å². The van der Waals surface area contributed by atoms with Crippen LogP contribution in [0.2, 0.25) is 0 Å². The Balaban J connectivity index is 0.000000329. The van der Waals surface area contributed by atoms with E-state index in [1.165, 1.54) is 19.4 Å². The second kappa shape index (κ2) is 5.75. The number of nitrogens with zero attached hydrogens (tertiary/aromatic N) is 1. The minimum atomic E-state index is 0.769. The highest BCUT2D eigenvalue weighted by molar-refractivity contribution is 5.20. The smallest absolute Gasteiger partial charge is 0.142 e. The molecule has 17 heavy (non-hydrogen) atoms. The summed E-state index contributed by atoms with van der Waals surface area (Å²) in [5, 5.41) is 0. The Morgan fingerprint density at radius 2 is 2.12 bits per heavy atom. The van der Waals surface area contributed by atoms with Gasteiger partial charge in [-0.25, -0.2) is 0 Å². The highest BCUT2D eigenvalue weighted by atomic mass is 16.5. The summed E-state index contributed by atoms with van der Waals surface area (Å²) in [4.78, 5) is 2.46. The second-order valence-corrected chi connectivity index (χ2v) is 4.54. The molecule has 2 heteroatoms. The molecule has 2 nitrogen and oxygen atoms in total. The first-order valence-corrected chi connectivity index (χ1v) is 6.14. The van der Waals surface area contributed by atoms with Gasteiger partial charge in [0.2, 0.25) is 0 Å². The molecule has 90 valence electrons. The van der Waals surface area contributed by atoms with Crippen molar-refractivity contribution in [3.63, 3.8) is 0 Å². The van der Waals surface area contributed by atoms with Crippen molar-refractivity contribution in [1.29, 1.82) is 0 Å². The van der Waals surface area contributed by atoms with E-state index in [1.54, 1.807) is 6.92 Å². The third-order valence-electron chi connectivity index (χ3n) is 3.28. The van der Waals surface area contributed by atoms with E-state index >= 15 is 0 Å². The summed E-state index contributed by atoms with van der Waals surface area (Å²) in [6, 6.07) is 10.9. The number of terminal acetylenes is 1. The lowest BCUT2D eigenvalue weighted by atomic mass is 10.3. The van der Waals surface area contributed by atoms with E-state index in [0.29, 0.717) is 0 Å². The van der Waals surface area contributed by atoms with Crippen molar-refractivity contribution in [2.24, 2.45) is 5.92 Å². The SMILES string of the molecule is C#CC.c1ccc(OCN2CCC3CC32)cc1. The van der Waals surface area contributed by atoms with Gasteiger partial charge in [0.05, 0.1) is 0 Å². The zero-order valence-corrected chi connectivity index (χ0v) is 10.3. The Bertz CT molecular complexity index is 382. The summed E-state index contributed by atoms with van der Waals surface area (Å²) in [7, 11) is 0. The fourth-order valence-corrected chi connectivity index (χ4v) is 2.32. The minimum absolute atomic E-state index is 0.769. The Labute approximate surface area is 104 Å². The molecular weight excluding hydrogens is 210 g/mol. The monoisotopic (exact) mass is 229 g/mol. The topological polar surface area (TPSA) is 12.5 Å². The Hall–Kier alpha value is -1.46. The first-order valence-electron chi connectivity index (χ1n) is 6.14. The van der Waals surface area contributed by atoms with Crippen molar-refractivity contribution in [2.75, 3.05) is 13.3 Å². The molecule has 0 bridgehead atoms. The number of para-hydroxylation sites is 1. The Morgan fingerprint density at radius 1 is 1.41 bits per heavy atom. The highest BCUT2D eigenvalue weighted by Crippen LogP contribution is 2.44. The van der Waals surface area contributed by atoms with E-state index in [9.17, 15) is 0 Å². The lowest BCUT2D eigenvalue weighted by Crippen LogP contribution is -2.27. The van der Waals surface area contributed by atoms with Crippen LogP contribution in [0.4, 0.5) is 0 Å². The standard InChI is InChI=1S/C12H15NO.C3H4/c1-2-4-11(5-3-1)14-9-13-7-6-10-8-12(10)13;1-3-2/h1-5,10,12H,6-9H2;1H,2H3. The van der Waals surface area contributed by atoms with Gasteiger partial charge in [0.1, 0.15) is 12.5 Å². The van der Waals surface area contributed by atoms with Crippen LogP contribution < -0.4 is 4.74 Å². The molecule has 2 aliphatic rings. The summed E-state index contributed by atoms with van der Waals surface area (Å²) in [6.07, 6.45) is 7.38.